The van der Waals surface area contributed by atoms with Gasteiger partial charge in [-0.2, -0.15) is 0 Å². The molecular weight excluding hydrogens is 330 g/mol. The number of hydrogen-bond donors (Lipinski definition) is 0. The van der Waals surface area contributed by atoms with Crippen LogP contribution in [0.2, 0.25) is 0 Å². The van der Waals surface area contributed by atoms with Crippen LogP contribution in [0.4, 0.5) is 0 Å². The Morgan fingerprint density at radius 2 is 1.92 bits per heavy atom. The van der Waals surface area contributed by atoms with Gasteiger partial charge in [-0.15, -0.1) is 0 Å². The zero-order valence-corrected chi connectivity index (χ0v) is 16.0. The summed E-state index contributed by atoms with van der Waals surface area (Å²) in [5.74, 6) is 1.10. The molecule has 3 aliphatic rings. The second kappa shape index (κ2) is 6.12. The van der Waals surface area contributed by atoms with Gasteiger partial charge in [0.25, 0.3) is 5.91 Å². The summed E-state index contributed by atoms with van der Waals surface area (Å²) in [6.07, 6.45) is 5.60. The number of carbonyl (C=O) groups is 2. The lowest BCUT2D eigenvalue weighted by Crippen LogP contribution is -2.49. The summed E-state index contributed by atoms with van der Waals surface area (Å²) in [5, 5.41) is 0. The number of carbonyl (C=O) groups excluding carboxylic acids is 2. The maximum Gasteiger partial charge on any atom is 0.289 e. The van der Waals surface area contributed by atoms with Crippen LogP contribution >= 0.6 is 0 Å². The molecule has 2 saturated heterocycles. The fourth-order valence-corrected chi connectivity index (χ4v) is 5.90. The van der Waals surface area contributed by atoms with E-state index in [1.54, 1.807) is 23.3 Å². The van der Waals surface area contributed by atoms with Crippen molar-refractivity contribution in [3.8, 4) is 0 Å². The summed E-state index contributed by atoms with van der Waals surface area (Å²) in [5.41, 5.74) is -0.0399. The van der Waals surface area contributed by atoms with E-state index in [9.17, 15) is 9.59 Å². The number of amides is 2. The summed E-state index contributed by atoms with van der Waals surface area (Å²) in [6, 6.07) is 3.49. The number of nitrogens with zero attached hydrogens (tertiary/aromatic N) is 3. The van der Waals surface area contributed by atoms with Crippen molar-refractivity contribution in [3.05, 3.63) is 24.2 Å². The molecule has 6 nitrogen and oxygen atoms in total. The molecule has 0 unspecified atom stereocenters. The normalized spacial score (nSPS) is 30.6. The van der Waals surface area contributed by atoms with Crippen LogP contribution in [-0.4, -0.2) is 73.8 Å². The van der Waals surface area contributed by atoms with Crippen LogP contribution in [0.1, 0.15) is 36.2 Å². The van der Waals surface area contributed by atoms with Crippen molar-refractivity contribution in [2.45, 2.75) is 25.7 Å². The maximum atomic E-state index is 13.1. The van der Waals surface area contributed by atoms with E-state index >= 15 is 0 Å². The Morgan fingerprint density at radius 3 is 2.54 bits per heavy atom. The highest BCUT2D eigenvalue weighted by molar-refractivity contribution is 5.91. The minimum absolute atomic E-state index is 0.0120. The fraction of sp³-hybridized carbons (Fsp3) is 0.700. The van der Waals surface area contributed by atoms with Gasteiger partial charge in [-0.1, -0.05) is 0 Å². The minimum Gasteiger partial charge on any atom is -0.459 e. The molecule has 0 bridgehead atoms. The second-order valence-electron chi connectivity index (χ2n) is 8.74. The predicted octanol–water partition coefficient (Wildman–Crippen LogP) is 1.93. The van der Waals surface area contributed by atoms with Crippen LogP contribution in [0, 0.1) is 16.7 Å². The third kappa shape index (κ3) is 2.49. The highest BCUT2D eigenvalue weighted by atomic mass is 16.3. The average Bonchev–Trinajstić information content (AvgIpc) is 3.32. The van der Waals surface area contributed by atoms with Crippen molar-refractivity contribution in [1.29, 1.82) is 0 Å². The summed E-state index contributed by atoms with van der Waals surface area (Å²) in [4.78, 5) is 31.7. The molecule has 3 heterocycles. The van der Waals surface area contributed by atoms with E-state index in [1.807, 2.05) is 19.0 Å². The number of furan rings is 1. The quantitative estimate of drug-likeness (QED) is 0.810. The van der Waals surface area contributed by atoms with E-state index in [-0.39, 0.29) is 22.6 Å². The lowest BCUT2D eigenvalue weighted by atomic mass is 9.65. The van der Waals surface area contributed by atoms with Crippen LogP contribution < -0.4 is 0 Å². The maximum absolute atomic E-state index is 13.1. The highest BCUT2D eigenvalue weighted by Gasteiger charge is 2.64. The Bertz CT molecular complexity index is 691. The van der Waals surface area contributed by atoms with E-state index in [1.165, 1.54) is 0 Å². The largest absolute Gasteiger partial charge is 0.459 e. The number of hydrogen-bond acceptors (Lipinski definition) is 4. The van der Waals surface area contributed by atoms with Crippen LogP contribution in [0.15, 0.2) is 22.8 Å². The summed E-state index contributed by atoms with van der Waals surface area (Å²) >= 11 is 0. The van der Waals surface area contributed by atoms with Crippen LogP contribution in [0.3, 0.4) is 0 Å². The Balaban J connectivity index is 1.52. The topological polar surface area (TPSA) is 57.0 Å². The van der Waals surface area contributed by atoms with E-state index in [0.717, 1.165) is 51.9 Å². The molecule has 2 atom stereocenters. The predicted molar refractivity (Wildman–Crippen MR) is 97.6 cm³/mol. The van der Waals surface area contributed by atoms with E-state index < -0.39 is 0 Å². The molecule has 2 aliphatic heterocycles. The lowest BCUT2D eigenvalue weighted by Gasteiger charge is -2.44. The molecule has 6 heteroatoms. The molecule has 1 spiro atoms. The molecule has 0 aromatic carbocycles. The molecule has 3 fully saturated rings. The highest BCUT2D eigenvalue weighted by Crippen LogP contribution is 2.62. The van der Waals surface area contributed by atoms with Gasteiger partial charge < -0.3 is 19.1 Å². The standard InChI is InChI=1S/C20H29N3O3/c1-21(2)18(25)20-7-6-19(16(20)13-22(3)14-20)8-10-23(11-9-19)17(24)15-5-4-12-26-15/h4-5,12,16H,6-11,13-14H2,1-3H3/t16-,20+/m0/s1. The van der Waals surface area contributed by atoms with Gasteiger partial charge in [0.15, 0.2) is 5.76 Å². The Hall–Kier alpha value is -1.82. The van der Waals surface area contributed by atoms with E-state index in [0.29, 0.717) is 11.7 Å². The van der Waals surface area contributed by atoms with Crippen molar-refractivity contribution < 1.29 is 14.0 Å². The zero-order valence-electron chi connectivity index (χ0n) is 16.0. The van der Waals surface area contributed by atoms with Crippen LogP contribution in [-0.2, 0) is 4.79 Å². The summed E-state index contributed by atoms with van der Waals surface area (Å²) < 4.78 is 5.27. The molecule has 1 aliphatic carbocycles. The fourth-order valence-electron chi connectivity index (χ4n) is 5.90. The Labute approximate surface area is 155 Å². The second-order valence-corrected chi connectivity index (χ2v) is 8.74. The molecule has 0 radical (unpaired) electrons. The first-order valence-electron chi connectivity index (χ1n) is 9.61. The van der Waals surface area contributed by atoms with Gasteiger partial charge in [-0.05, 0) is 56.2 Å². The van der Waals surface area contributed by atoms with Crippen molar-refractivity contribution in [2.75, 3.05) is 47.3 Å². The third-order valence-electron chi connectivity index (χ3n) is 7.13. The molecule has 4 rings (SSSR count). The molecule has 1 aromatic heterocycles. The first-order valence-corrected chi connectivity index (χ1v) is 9.61. The van der Waals surface area contributed by atoms with Gasteiger partial charge in [-0.25, -0.2) is 0 Å². The molecule has 1 aromatic rings. The number of rotatable bonds is 2. The third-order valence-corrected chi connectivity index (χ3v) is 7.13. The Kier molecular flexibility index (Phi) is 4.14. The van der Waals surface area contributed by atoms with Crippen LogP contribution in [0.5, 0.6) is 0 Å². The molecular formula is C20H29N3O3. The minimum atomic E-state index is -0.231. The average molecular weight is 359 g/mol. The van der Waals surface area contributed by atoms with Crippen molar-refractivity contribution in [2.24, 2.45) is 16.7 Å². The van der Waals surface area contributed by atoms with E-state index in [4.69, 9.17) is 4.42 Å². The molecule has 142 valence electrons. The Morgan fingerprint density at radius 1 is 1.19 bits per heavy atom. The number of fused-ring (bicyclic) bond motifs is 2. The van der Waals surface area contributed by atoms with Crippen molar-refractivity contribution in [1.82, 2.24) is 14.7 Å². The molecule has 2 amide bonds. The number of piperidine rings is 1. The molecule has 1 saturated carbocycles. The summed E-state index contributed by atoms with van der Waals surface area (Å²) in [7, 11) is 5.89. The SMILES string of the molecule is CN1C[C@H]2C3(CCN(C(=O)c4ccco4)CC3)CC[C@@]2(C(=O)N(C)C)C1. The van der Waals surface area contributed by atoms with Gasteiger partial charge >= 0.3 is 0 Å². The van der Waals surface area contributed by atoms with Gasteiger partial charge in [0.1, 0.15) is 0 Å². The smallest absolute Gasteiger partial charge is 0.289 e. The van der Waals surface area contributed by atoms with Crippen LogP contribution in [0.25, 0.3) is 0 Å². The molecule has 0 N–H and O–H groups in total. The first kappa shape index (κ1) is 17.6. The monoisotopic (exact) mass is 359 g/mol. The van der Waals surface area contributed by atoms with Gasteiger partial charge in [0.2, 0.25) is 5.91 Å². The first-order chi connectivity index (χ1) is 12.4. The van der Waals surface area contributed by atoms with Crippen molar-refractivity contribution in [3.63, 3.8) is 0 Å². The zero-order chi connectivity index (χ0) is 18.5. The lowest BCUT2D eigenvalue weighted by molar-refractivity contribution is -0.141. The van der Waals surface area contributed by atoms with Gasteiger partial charge in [0.05, 0.1) is 11.7 Å². The van der Waals surface area contributed by atoms with Gasteiger partial charge in [0, 0.05) is 40.3 Å². The van der Waals surface area contributed by atoms with Gasteiger partial charge in [-0.3, -0.25) is 9.59 Å². The van der Waals surface area contributed by atoms with Crippen molar-refractivity contribution >= 4 is 11.8 Å². The number of likely N-dealkylation sites (tertiary alicyclic amines) is 2. The van der Waals surface area contributed by atoms with E-state index in [2.05, 4.69) is 11.9 Å². The summed E-state index contributed by atoms with van der Waals surface area (Å²) in [6.45, 7) is 3.37. The molecule has 26 heavy (non-hydrogen) atoms.